The van der Waals surface area contributed by atoms with Crippen molar-refractivity contribution in [1.82, 2.24) is 4.31 Å². The standard InChI is InChI=1S/C12H15NO4S/c1-9-6-7-18(16,17)13(9)8-10-2-4-11(5-3-10)12(14)15/h2-5,9H,6-8H2,1H3,(H,14,15)/t9-/m1/s1. The molecule has 1 fully saturated rings. The van der Waals surface area contributed by atoms with Gasteiger partial charge in [-0.25, -0.2) is 13.2 Å². The summed E-state index contributed by atoms with van der Waals surface area (Å²) in [4.78, 5) is 10.7. The highest BCUT2D eigenvalue weighted by Gasteiger charge is 2.34. The quantitative estimate of drug-likeness (QED) is 0.897. The van der Waals surface area contributed by atoms with E-state index in [-0.39, 0.29) is 17.4 Å². The number of carboxylic acids is 1. The topological polar surface area (TPSA) is 74.7 Å². The average molecular weight is 269 g/mol. The van der Waals surface area contributed by atoms with E-state index in [1.54, 1.807) is 12.1 Å². The third-order valence-electron chi connectivity index (χ3n) is 3.18. The Labute approximate surface area is 106 Å². The molecule has 0 aliphatic carbocycles. The van der Waals surface area contributed by atoms with Crippen LogP contribution in [0.25, 0.3) is 0 Å². The zero-order valence-electron chi connectivity index (χ0n) is 10.0. The minimum Gasteiger partial charge on any atom is -0.478 e. The highest BCUT2D eigenvalue weighted by molar-refractivity contribution is 7.89. The Bertz CT molecular complexity index is 550. The lowest BCUT2D eigenvalue weighted by Crippen LogP contribution is -2.30. The van der Waals surface area contributed by atoms with E-state index in [2.05, 4.69) is 0 Å². The van der Waals surface area contributed by atoms with Crippen molar-refractivity contribution in [2.24, 2.45) is 0 Å². The molecule has 0 amide bonds. The van der Waals surface area contributed by atoms with Crippen LogP contribution < -0.4 is 0 Å². The lowest BCUT2D eigenvalue weighted by atomic mass is 10.1. The Balaban J connectivity index is 2.17. The molecule has 1 atom stereocenters. The maximum Gasteiger partial charge on any atom is 0.335 e. The number of sulfonamides is 1. The van der Waals surface area contributed by atoms with E-state index in [0.717, 1.165) is 5.56 Å². The maximum atomic E-state index is 11.8. The number of aromatic carboxylic acids is 1. The molecule has 0 spiro atoms. The van der Waals surface area contributed by atoms with Gasteiger partial charge in [-0.3, -0.25) is 0 Å². The van der Waals surface area contributed by atoms with Crippen molar-refractivity contribution in [3.8, 4) is 0 Å². The second-order valence-corrected chi connectivity index (χ2v) is 6.54. The lowest BCUT2D eigenvalue weighted by molar-refractivity contribution is 0.0697. The minimum atomic E-state index is -3.14. The summed E-state index contributed by atoms with van der Waals surface area (Å²) >= 11 is 0. The maximum absolute atomic E-state index is 11.8. The molecule has 0 aromatic heterocycles. The summed E-state index contributed by atoms with van der Waals surface area (Å²) in [5, 5.41) is 8.78. The first-order valence-corrected chi connectivity index (χ1v) is 7.33. The predicted octanol–water partition coefficient (Wildman–Crippen LogP) is 1.31. The van der Waals surface area contributed by atoms with Crippen LogP contribution in [0, 0.1) is 0 Å². The molecule has 2 rings (SSSR count). The van der Waals surface area contributed by atoms with E-state index in [1.165, 1.54) is 16.4 Å². The molecule has 6 heteroatoms. The number of carboxylic acid groups (broad SMARTS) is 1. The van der Waals surface area contributed by atoms with E-state index < -0.39 is 16.0 Å². The fourth-order valence-corrected chi connectivity index (χ4v) is 3.91. The first kappa shape index (κ1) is 13.0. The van der Waals surface area contributed by atoms with Crippen molar-refractivity contribution >= 4 is 16.0 Å². The molecule has 1 aliphatic heterocycles. The molecule has 1 aromatic carbocycles. The van der Waals surface area contributed by atoms with Crippen LogP contribution in [0.2, 0.25) is 0 Å². The van der Waals surface area contributed by atoms with Crippen molar-refractivity contribution in [1.29, 1.82) is 0 Å². The van der Waals surface area contributed by atoms with Crippen LogP contribution in [0.1, 0.15) is 29.3 Å². The van der Waals surface area contributed by atoms with Crippen LogP contribution in [0.3, 0.4) is 0 Å². The van der Waals surface area contributed by atoms with Crippen molar-refractivity contribution in [3.63, 3.8) is 0 Å². The Morgan fingerprint density at radius 2 is 2.00 bits per heavy atom. The van der Waals surface area contributed by atoms with Gasteiger partial charge in [0.25, 0.3) is 0 Å². The molecule has 5 nitrogen and oxygen atoms in total. The lowest BCUT2D eigenvalue weighted by Gasteiger charge is -2.19. The van der Waals surface area contributed by atoms with Crippen molar-refractivity contribution in [2.45, 2.75) is 25.9 Å². The monoisotopic (exact) mass is 269 g/mol. The number of hydrogen-bond donors (Lipinski definition) is 1. The van der Waals surface area contributed by atoms with Gasteiger partial charge >= 0.3 is 5.97 Å². The molecule has 98 valence electrons. The summed E-state index contributed by atoms with van der Waals surface area (Å²) in [6, 6.07) is 6.30. The SMILES string of the molecule is C[C@@H]1CCS(=O)(=O)N1Cc1ccc(C(=O)O)cc1. The van der Waals surface area contributed by atoms with E-state index >= 15 is 0 Å². The summed E-state index contributed by atoms with van der Waals surface area (Å²) in [5.74, 6) is -0.787. The first-order chi connectivity index (χ1) is 8.40. The van der Waals surface area contributed by atoms with Crippen LogP contribution in [0.15, 0.2) is 24.3 Å². The van der Waals surface area contributed by atoms with Gasteiger partial charge < -0.3 is 5.11 Å². The molecule has 0 radical (unpaired) electrons. The molecule has 0 unspecified atom stereocenters. The van der Waals surface area contributed by atoms with Gasteiger partial charge in [0.1, 0.15) is 0 Å². The number of nitrogens with zero attached hydrogens (tertiary/aromatic N) is 1. The number of hydrogen-bond acceptors (Lipinski definition) is 3. The Morgan fingerprint density at radius 3 is 2.44 bits per heavy atom. The summed E-state index contributed by atoms with van der Waals surface area (Å²) in [6.07, 6.45) is 0.648. The molecule has 1 aromatic rings. The van der Waals surface area contributed by atoms with Gasteiger partial charge in [0.2, 0.25) is 10.0 Å². The van der Waals surface area contributed by atoms with Gasteiger partial charge in [0.15, 0.2) is 0 Å². The minimum absolute atomic E-state index is 0.00847. The summed E-state index contributed by atoms with van der Waals surface area (Å²) < 4.78 is 25.0. The van der Waals surface area contributed by atoms with Gasteiger partial charge in [-0.05, 0) is 31.0 Å². The third kappa shape index (κ3) is 2.54. The van der Waals surface area contributed by atoms with Crippen LogP contribution >= 0.6 is 0 Å². The summed E-state index contributed by atoms with van der Waals surface area (Å²) in [7, 11) is -3.14. The van der Waals surface area contributed by atoms with Gasteiger partial charge in [-0.15, -0.1) is 0 Å². The normalized spacial score (nSPS) is 23.1. The Morgan fingerprint density at radius 1 is 1.39 bits per heavy atom. The first-order valence-electron chi connectivity index (χ1n) is 5.72. The van der Waals surface area contributed by atoms with E-state index in [0.29, 0.717) is 13.0 Å². The molecular weight excluding hydrogens is 254 g/mol. The molecule has 1 aliphatic rings. The van der Waals surface area contributed by atoms with Gasteiger partial charge in [-0.1, -0.05) is 12.1 Å². The van der Waals surface area contributed by atoms with Crippen molar-refractivity contribution in [2.75, 3.05) is 5.75 Å². The van der Waals surface area contributed by atoms with Gasteiger partial charge in [0, 0.05) is 12.6 Å². The van der Waals surface area contributed by atoms with Gasteiger partial charge in [0.05, 0.1) is 11.3 Å². The summed E-state index contributed by atoms with van der Waals surface area (Å²) in [6.45, 7) is 2.19. The van der Waals surface area contributed by atoms with Crippen LogP contribution in [0.4, 0.5) is 0 Å². The zero-order chi connectivity index (χ0) is 13.3. The second-order valence-electron chi connectivity index (χ2n) is 4.50. The van der Waals surface area contributed by atoms with Crippen LogP contribution in [-0.4, -0.2) is 35.6 Å². The number of carbonyl (C=O) groups is 1. The van der Waals surface area contributed by atoms with Crippen molar-refractivity contribution < 1.29 is 18.3 Å². The summed E-state index contributed by atoms with van der Waals surface area (Å²) in [5.41, 5.74) is 1.01. The number of rotatable bonds is 3. The smallest absolute Gasteiger partial charge is 0.335 e. The second kappa shape index (κ2) is 4.70. The van der Waals surface area contributed by atoms with Gasteiger partial charge in [-0.2, -0.15) is 4.31 Å². The third-order valence-corrected chi connectivity index (χ3v) is 5.14. The Hall–Kier alpha value is -1.40. The van der Waals surface area contributed by atoms with E-state index in [4.69, 9.17) is 5.11 Å². The molecule has 0 saturated carbocycles. The highest BCUT2D eigenvalue weighted by atomic mass is 32.2. The molecule has 1 N–H and O–H groups in total. The van der Waals surface area contributed by atoms with Crippen LogP contribution in [0.5, 0.6) is 0 Å². The molecule has 0 bridgehead atoms. The predicted molar refractivity (Wildman–Crippen MR) is 66.8 cm³/mol. The van der Waals surface area contributed by atoms with Crippen LogP contribution in [-0.2, 0) is 16.6 Å². The Kier molecular flexibility index (Phi) is 3.41. The zero-order valence-corrected chi connectivity index (χ0v) is 10.9. The molecular formula is C12H15NO4S. The number of benzene rings is 1. The molecule has 1 heterocycles. The fraction of sp³-hybridized carbons (Fsp3) is 0.417. The van der Waals surface area contributed by atoms with Crippen molar-refractivity contribution in [3.05, 3.63) is 35.4 Å². The molecule has 1 saturated heterocycles. The van der Waals surface area contributed by atoms with E-state index in [9.17, 15) is 13.2 Å². The largest absolute Gasteiger partial charge is 0.478 e. The highest BCUT2D eigenvalue weighted by Crippen LogP contribution is 2.23. The molecule has 18 heavy (non-hydrogen) atoms. The van der Waals surface area contributed by atoms with E-state index in [1.807, 2.05) is 6.92 Å². The average Bonchev–Trinajstić information content (AvgIpc) is 2.57. The fourth-order valence-electron chi connectivity index (χ4n) is 2.04.